The molecule has 2 unspecified atom stereocenters. The van der Waals surface area contributed by atoms with Gasteiger partial charge in [0.05, 0.1) is 6.07 Å². The molecule has 0 bridgehead atoms. The zero-order valence-corrected chi connectivity index (χ0v) is 10.5. The molecule has 19 heavy (non-hydrogen) atoms. The maximum absolute atomic E-state index is 13.8. The third-order valence-corrected chi connectivity index (χ3v) is 3.76. The molecule has 1 saturated carbocycles. The lowest BCUT2D eigenvalue weighted by Crippen LogP contribution is -2.33. The van der Waals surface area contributed by atoms with Gasteiger partial charge in [0.15, 0.2) is 0 Å². The van der Waals surface area contributed by atoms with Gasteiger partial charge in [0, 0.05) is 18.0 Å². The monoisotopic (exact) mass is 264 g/mol. The minimum atomic E-state index is -0.613. The van der Waals surface area contributed by atoms with Crippen molar-refractivity contribution in [2.45, 2.75) is 25.2 Å². The molecule has 1 N–H and O–H groups in total. The number of rotatable bonds is 4. The van der Waals surface area contributed by atoms with Crippen LogP contribution in [-0.4, -0.2) is 12.5 Å². The minimum absolute atomic E-state index is 0.212. The summed E-state index contributed by atoms with van der Waals surface area (Å²) >= 11 is 0. The number of amides is 1. The Kier molecular flexibility index (Phi) is 3.52. The van der Waals surface area contributed by atoms with Gasteiger partial charge < -0.3 is 5.32 Å². The van der Waals surface area contributed by atoms with Gasteiger partial charge in [-0.3, -0.25) is 4.79 Å². The molecule has 100 valence electrons. The van der Waals surface area contributed by atoms with Gasteiger partial charge in [0.25, 0.3) is 0 Å². The highest BCUT2D eigenvalue weighted by Crippen LogP contribution is 2.54. The van der Waals surface area contributed by atoms with Gasteiger partial charge in [-0.25, -0.2) is 8.78 Å². The molecule has 1 aliphatic carbocycles. The van der Waals surface area contributed by atoms with E-state index >= 15 is 0 Å². The summed E-state index contributed by atoms with van der Waals surface area (Å²) in [5, 5.41) is 11.0. The van der Waals surface area contributed by atoms with Crippen molar-refractivity contribution in [3.05, 3.63) is 35.4 Å². The Hall–Kier alpha value is -1.96. The van der Waals surface area contributed by atoms with Crippen LogP contribution in [0.1, 0.15) is 25.3 Å². The Balaban J connectivity index is 2.15. The molecule has 0 aromatic heterocycles. The zero-order chi connectivity index (χ0) is 14.0. The summed E-state index contributed by atoms with van der Waals surface area (Å²) in [6.45, 7) is 2.23. The van der Waals surface area contributed by atoms with Crippen molar-refractivity contribution < 1.29 is 13.6 Å². The van der Waals surface area contributed by atoms with E-state index in [-0.39, 0.29) is 24.8 Å². The number of nitrogens with zero attached hydrogens (tertiary/aromatic N) is 1. The number of carbonyl (C=O) groups excluding carboxylic acids is 1. The second kappa shape index (κ2) is 4.96. The molecule has 0 aliphatic heterocycles. The highest BCUT2D eigenvalue weighted by molar-refractivity contribution is 5.78. The van der Waals surface area contributed by atoms with Crippen LogP contribution in [-0.2, 0) is 10.2 Å². The second-order valence-corrected chi connectivity index (χ2v) is 5.00. The average molecular weight is 264 g/mol. The van der Waals surface area contributed by atoms with Crippen molar-refractivity contribution in [2.75, 3.05) is 6.54 Å². The van der Waals surface area contributed by atoms with Crippen molar-refractivity contribution in [2.24, 2.45) is 5.92 Å². The Labute approximate surface area is 110 Å². The van der Waals surface area contributed by atoms with E-state index in [1.807, 2.05) is 6.92 Å². The van der Waals surface area contributed by atoms with E-state index in [9.17, 15) is 13.6 Å². The predicted molar refractivity (Wildman–Crippen MR) is 65.1 cm³/mol. The van der Waals surface area contributed by atoms with Gasteiger partial charge in [-0.2, -0.15) is 5.26 Å². The summed E-state index contributed by atoms with van der Waals surface area (Å²) in [5.74, 6) is -1.35. The molecular weight excluding hydrogens is 250 g/mol. The molecule has 0 spiro atoms. The van der Waals surface area contributed by atoms with Gasteiger partial charge in [0.2, 0.25) is 5.91 Å². The first-order chi connectivity index (χ1) is 8.99. The molecule has 3 nitrogen and oxygen atoms in total. The minimum Gasteiger partial charge on any atom is -0.354 e. The summed E-state index contributed by atoms with van der Waals surface area (Å²) in [4.78, 5) is 11.3. The number of carbonyl (C=O) groups is 1. The number of benzene rings is 1. The molecule has 5 heteroatoms. The summed E-state index contributed by atoms with van der Waals surface area (Å²) in [6.07, 6.45) is 0.527. The van der Waals surface area contributed by atoms with Gasteiger partial charge in [-0.1, -0.05) is 13.0 Å². The summed E-state index contributed by atoms with van der Waals surface area (Å²) in [6, 6.07) is 5.28. The van der Waals surface area contributed by atoms with Crippen LogP contribution in [0, 0.1) is 28.9 Å². The smallest absolute Gasteiger partial charge is 0.234 e. The maximum Gasteiger partial charge on any atom is 0.234 e. The predicted octanol–water partition coefficient (Wildman–Crippen LogP) is 2.27. The van der Waals surface area contributed by atoms with Gasteiger partial charge in [-0.15, -0.1) is 0 Å². The largest absolute Gasteiger partial charge is 0.354 e. The fourth-order valence-electron chi connectivity index (χ4n) is 2.49. The normalized spacial score (nSPS) is 24.6. The molecular formula is C14H14F2N2O. The van der Waals surface area contributed by atoms with Crippen molar-refractivity contribution in [3.8, 4) is 6.07 Å². The molecule has 1 aliphatic rings. The van der Waals surface area contributed by atoms with Crippen molar-refractivity contribution >= 4 is 5.91 Å². The SMILES string of the molecule is CC1CC1(CNC(=O)CC#N)c1ccc(F)cc1F. The quantitative estimate of drug-likeness (QED) is 0.907. The fourth-order valence-corrected chi connectivity index (χ4v) is 2.49. The summed E-state index contributed by atoms with van der Waals surface area (Å²) in [7, 11) is 0. The number of hydrogen-bond acceptors (Lipinski definition) is 2. The van der Waals surface area contributed by atoms with Crippen LogP contribution < -0.4 is 5.32 Å². The van der Waals surface area contributed by atoms with Crippen LogP contribution in [0.3, 0.4) is 0 Å². The number of nitrogens with one attached hydrogen (secondary N) is 1. The first kappa shape index (κ1) is 13.5. The van der Waals surface area contributed by atoms with Crippen LogP contribution in [0.25, 0.3) is 0 Å². The van der Waals surface area contributed by atoms with E-state index in [4.69, 9.17) is 5.26 Å². The lowest BCUT2D eigenvalue weighted by molar-refractivity contribution is -0.120. The van der Waals surface area contributed by atoms with Crippen molar-refractivity contribution in [1.29, 1.82) is 5.26 Å². The molecule has 0 heterocycles. The molecule has 0 saturated heterocycles. The van der Waals surface area contributed by atoms with E-state index < -0.39 is 17.0 Å². The second-order valence-electron chi connectivity index (χ2n) is 5.00. The topological polar surface area (TPSA) is 52.9 Å². The van der Waals surface area contributed by atoms with E-state index in [0.29, 0.717) is 5.56 Å². The summed E-state index contributed by atoms with van der Waals surface area (Å²) in [5.41, 5.74) is -0.0400. The first-order valence-corrected chi connectivity index (χ1v) is 6.09. The lowest BCUT2D eigenvalue weighted by atomic mass is 9.92. The van der Waals surface area contributed by atoms with Crippen LogP contribution in [0.2, 0.25) is 0 Å². The molecule has 0 radical (unpaired) electrons. The highest BCUT2D eigenvalue weighted by atomic mass is 19.1. The Morgan fingerprint density at radius 1 is 1.58 bits per heavy atom. The van der Waals surface area contributed by atoms with E-state index in [1.165, 1.54) is 12.1 Å². The van der Waals surface area contributed by atoms with Gasteiger partial charge in [0.1, 0.15) is 18.1 Å². The Bertz CT molecular complexity index is 553. The molecule has 1 aromatic carbocycles. The molecule has 2 atom stereocenters. The molecule has 1 aromatic rings. The van der Waals surface area contributed by atoms with Crippen LogP contribution >= 0.6 is 0 Å². The molecule has 1 amide bonds. The fraction of sp³-hybridized carbons (Fsp3) is 0.429. The van der Waals surface area contributed by atoms with Crippen LogP contribution in [0.15, 0.2) is 18.2 Å². The number of hydrogen-bond donors (Lipinski definition) is 1. The van der Waals surface area contributed by atoms with Crippen molar-refractivity contribution in [1.82, 2.24) is 5.32 Å². The van der Waals surface area contributed by atoms with E-state index in [0.717, 1.165) is 12.5 Å². The maximum atomic E-state index is 13.8. The first-order valence-electron chi connectivity index (χ1n) is 6.09. The molecule has 2 rings (SSSR count). The van der Waals surface area contributed by atoms with Crippen LogP contribution in [0.4, 0.5) is 8.78 Å². The third kappa shape index (κ3) is 2.58. The number of nitriles is 1. The lowest BCUT2D eigenvalue weighted by Gasteiger charge is -2.18. The van der Waals surface area contributed by atoms with E-state index in [1.54, 1.807) is 6.07 Å². The standard InChI is InChI=1S/C14H14F2N2O/c1-9-7-14(9,8-18-13(19)4-5-17)11-3-2-10(15)6-12(11)16/h2-3,6,9H,4,7-8H2,1H3,(H,18,19). The number of halogens is 2. The Morgan fingerprint density at radius 3 is 2.79 bits per heavy atom. The average Bonchev–Trinajstić information content (AvgIpc) is 2.99. The van der Waals surface area contributed by atoms with Gasteiger partial charge in [-0.05, 0) is 24.0 Å². The molecule has 1 fully saturated rings. The Morgan fingerprint density at radius 2 is 2.26 bits per heavy atom. The van der Waals surface area contributed by atoms with Gasteiger partial charge >= 0.3 is 0 Å². The highest BCUT2D eigenvalue weighted by Gasteiger charge is 2.53. The van der Waals surface area contributed by atoms with E-state index in [2.05, 4.69) is 5.32 Å². The zero-order valence-electron chi connectivity index (χ0n) is 10.5. The van der Waals surface area contributed by atoms with Crippen molar-refractivity contribution in [3.63, 3.8) is 0 Å². The van der Waals surface area contributed by atoms with Crippen LogP contribution in [0.5, 0.6) is 0 Å². The summed E-state index contributed by atoms with van der Waals surface area (Å²) < 4.78 is 26.7. The third-order valence-electron chi connectivity index (χ3n) is 3.76.